The number of rotatable bonds is 3. The van der Waals surface area contributed by atoms with Gasteiger partial charge in [-0.25, -0.2) is 9.97 Å². The maximum atomic E-state index is 12.1. The summed E-state index contributed by atoms with van der Waals surface area (Å²) in [7, 11) is 0. The molecule has 2 aliphatic heterocycles. The molecule has 7 heteroatoms. The van der Waals surface area contributed by atoms with E-state index in [-0.39, 0.29) is 11.9 Å². The molecule has 0 radical (unpaired) electrons. The number of hydrogen-bond acceptors (Lipinski definition) is 5. The Balaban J connectivity index is 1.61. The summed E-state index contributed by atoms with van der Waals surface area (Å²) in [5.74, 6) is 0.768. The van der Waals surface area contributed by atoms with Gasteiger partial charge >= 0.3 is 0 Å². The summed E-state index contributed by atoms with van der Waals surface area (Å²) in [6.45, 7) is 4.10. The summed E-state index contributed by atoms with van der Waals surface area (Å²) in [6, 6.07) is 8.15. The Morgan fingerprint density at radius 3 is 3.00 bits per heavy atom. The molecule has 7 nitrogen and oxygen atoms in total. The second-order valence-electron chi connectivity index (χ2n) is 7.12. The van der Waals surface area contributed by atoms with E-state index in [2.05, 4.69) is 15.6 Å². The minimum absolute atomic E-state index is 0.0236. The molecule has 1 atom stereocenters. The fourth-order valence-electron chi connectivity index (χ4n) is 3.80. The Kier molecular flexibility index (Phi) is 3.82. The highest BCUT2D eigenvalue weighted by Crippen LogP contribution is 2.30. The van der Waals surface area contributed by atoms with E-state index in [1.165, 1.54) is 0 Å². The first-order chi connectivity index (χ1) is 13.2. The van der Waals surface area contributed by atoms with Gasteiger partial charge in [0.2, 0.25) is 0 Å². The van der Waals surface area contributed by atoms with Crippen molar-refractivity contribution in [1.82, 2.24) is 20.3 Å². The zero-order valence-corrected chi connectivity index (χ0v) is 15.1. The van der Waals surface area contributed by atoms with Crippen molar-refractivity contribution in [2.75, 3.05) is 25.1 Å². The molecule has 1 aromatic carbocycles. The number of aryl methyl sites for hydroxylation is 1. The highest BCUT2D eigenvalue weighted by molar-refractivity contribution is 5.99. The predicted octanol–water partition coefficient (Wildman–Crippen LogP) is 2.42. The van der Waals surface area contributed by atoms with Crippen LogP contribution in [0.25, 0.3) is 22.3 Å². The van der Waals surface area contributed by atoms with Gasteiger partial charge in [0.1, 0.15) is 11.3 Å². The monoisotopic (exact) mass is 363 g/mol. The van der Waals surface area contributed by atoms with Crippen molar-refractivity contribution in [2.45, 2.75) is 25.8 Å². The first-order valence-electron chi connectivity index (χ1n) is 9.31. The number of carbonyl (C=O) groups excluding carboxylic acids is 1. The van der Waals surface area contributed by atoms with E-state index in [1.807, 2.05) is 31.2 Å². The number of ether oxygens (including phenoxy) is 1. The smallest absolute Gasteiger partial charge is 0.253 e. The minimum atomic E-state index is -0.0236. The van der Waals surface area contributed by atoms with E-state index in [0.717, 1.165) is 64.5 Å². The van der Waals surface area contributed by atoms with Crippen molar-refractivity contribution in [3.8, 4) is 11.3 Å². The fourth-order valence-corrected chi connectivity index (χ4v) is 3.80. The molecule has 3 aromatic rings. The van der Waals surface area contributed by atoms with E-state index >= 15 is 0 Å². The highest BCUT2D eigenvalue weighted by Gasteiger charge is 2.22. The largest absolute Gasteiger partial charge is 0.379 e. The van der Waals surface area contributed by atoms with Crippen molar-refractivity contribution in [1.29, 1.82) is 0 Å². The zero-order valence-electron chi connectivity index (χ0n) is 15.1. The van der Waals surface area contributed by atoms with Crippen LogP contribution in [0, 0.1) is 6.92 Å². The molecule has 2 aromatic heterocycles. The first-order valence-corrected chi connectivity index (χ1v) is 9.31. The van der Waals surface area contributed by atoms with Gasteiger partial charge in [-0.15, -0.1) is 0 Å². The average Bonchev–Trinajstić information content (AvgIpc) is 3.32. The summed E-state index contributed by atoms with van der Waals surface area (Å²) in [4.78, 5) is 25.1. The van der Waals surface area contributed by atoms with Crippen LogP contribution in [0.1, 0.15) is 28.2 Å². The summed E-state index contributed by atoms with van der Waals surface area (Å²) in [5, 5.41) is 6.35. The Labute approximate surface area is 156 Å². The molecule has 1 amide bonds. The number of nitrogens with one attached hydrogen (secondary N) is 3. The standard InChI is InChI=1S/C20H21N5O2/c1-11-19(23-12-6-8-27-10-12)25-18-13(3-2-4-16(18)22-11)17-9-14-15(24-17)5-7-21-20(14)26/h2-4,9,12,24H,5-8,10H2,1H3,(H,21,26)(H,23,25). The van der Waals surface area contributed by atoms with Gasteiger partial charge in [-0.05, 0) is 25.5 Å². The average molecular weight is 363 g/mol. The van der Waals surface area contributed by atoms with Crippen LogP contribution >= 0.6 is 0 Å². The van der Waals surface area contributed by atoms with Gasteiger partial charge < -0.3 is 20.4 Å². The first kappa shape index (κ1) is 16.3. The van der Waals surface area contributed by atoms with Gasteiger partial charge in [0.05, 0.1) is 29.4 Å². The summed E-state index contributed by atoms with van der Waals surface area (Å²) < 4.78 is 5.45. The van der Waals surface area contributed by atoms with Gasteiger partial charge in [-0.3, -0.25) is 4.79 Å². The van der Waals surface area contributed by atoms with E-state index in [4.69, 9.17) is 14.7 Å². The third kappa shape index (κ3) is 2.84. The van der Waals surface area contributed by atoms with Crippen molar-refractivity contribution in [2.24, 2.45) is 0 Å². The number of aromatic amines is 1. The summed E-state index contributed by atoms with van der Waals surface area (Å²) >= 11 is 0. The predicted molar refractivity (Wildman–Crippen MR) is 103 cm³/mol. The lowest BCUT2D eigenvalue weighted by atomic mass is 10.1. The highest BCUT2D eigenvalue weighted by atomic mass is 16.5. The van der Waals surface area contributed by atoms with Gasteiger partial charge in [-0.2, -0.15) is 0 Å². The lowest BCUT2D eigenvalue weighted by Crippen LogP contribution is -2.31. The minimum Gasteiger partial charge on any atom is -0.379 e. The number of benzene rings is 1. The normalized spacial score (nSPS) is 19.1. The van der Waals surface area contributed by atoms with Gasteiger partial charge in [0.15, 0.2) is 0 Å². The summed E-state index contributed by atoms with van der Waals surface area (Å²) in [6.07, 6.45) is 1.78. The molecule has 2 aliphatic rings. The van der Waals surface area contributed by atoms with E-state index in [0.29, 0.717) is 13.2 Å². The van der Waals surface area contributed by atoms with Crippen molar-refractivity contribution in [3.63, 3.8) is 0 Å². The number of fused-ring (bicyclic) bond motifs is 2. The molecule has 1 unspecified atom stereocenters. The van der Waals surface area contributed by atoms with E-state index < -0.39 is 0 Å². The molecule has 27 heavy (non-hydrogen) atoms. The van der Waals surface area contributed by atoms with Crippen LogP contribution in [0.15, 0.2) is 24.3 Å². The molecule has 0 bridgehead atoms. The number of nitrogens with zero attached hydrogens (tertiary/aromatic N) is 2. The molecule has 138 valence electrons. The number of hydrogen-bond donors (Lipinski definition) is 3. The molecular formula is C20H21N5O2. The van der Waals surface area contributed by atoms with Crippen LogP contribution in [-0.4, -0.2) is 46.7 Å². The van der Waals surface area contributed by atoms with Crippen LogP contribution < -0.4 is 10.6 Å². The Morgan fingerprint density at radius 1 is 1.26 bits per heavy atom. The Bertz CT molecular complexity index is 1040. The molecule has 5 rings (SSSR count). The van der Waals surface area contributed by atoms with Gasteiger partial charge in [0.25, 0.3) is 5.91 Å². The third-order valence-corrected chi connectivity index (χ3v) is 5.23. The quantitative estimate of drug-likeness (QED) is 0.665. The number of para-hydroxylation sites is 1. The SMILES string of the molecule is Cc1nc2cccc(-c3cc4c([nH]3)CCNC4=O)c2nc1NC1CCOC1. The lowest BCUT2D eigenvalue weighted by molar-refractivity contribution is 0.0946. The Morgan fingerprint density at radius 2 is 2.19 bits per heavy atom. The lowest BCUT2D eigenvalue weighted by Gasteiger charge is -2.14. The van der Waals surface area contributed by atoms with Crippen molar-refractivity contribution in [3.05, 3.63) is 41.2 Å². The number of carbonyl (C=O) groups is 1. The van der Waals surface area contributed by atoms with Crippen molar-refractivity contribution >= 4 is 22.8 Å². The molecule has 1 fully saturated rings. The van der Waals surface area contributed by atoms with Gasteiger partial charge in [0, 0.05) is 36.5 Å². The Hall–Kier alpha value is -2.93. The number of amides is 1. The molecule has 0 saturated carbocycles. The molecular weight excluding hydrogens is 342 g/mol. The second-order valence-corrected chi connectivity index (χ2v) is 7.12. The molecule has 3 N–H and O–H groups in total. The number of aromatic nitrogens is 3. The van der Waals surface area contributed by atoms with E-state index in [9.17, 15) is 4.79 Å². The molecule has 0 spiro atoms. The summed E-state index contributed by atoms with van der Waals surface area (Å²) in [5.41, 5.74) is 6.08. The number of anilines is 1. The molecule has 1 saturated heterocycles. The van der Waals surface area contributed by atoms with Crippen LogP contribution in [0.2, 0.25) is 0 Å². The van der Waals surface area contributed by atoms with Crippen LogP contribution in [0.4, 0.5) is 5.82 Å². The van der Waals surface area contributed by atoms with Crippen LogP contribution in [0.5, 0.6) is 0 Å². The molecule has 0 aliphatic carbocycles. The van der Waals surface area contributed by atoms with Crippen molar-refractivity contribution < 1.29 is 9.53 Å². The zero-order chi connectivity index (χ0) is 18.4. The van der Waals surface area contributed by atoms with Crippen LogP contribution in [-0.2, 0) is 11.2 Å². The van der Waals surface area contributed by atoms with Gasteiger partial charge in [-0.1, -0.05) is 12.1 Å². The maximum Gasteiger partial charge on any atom is 0.253 e. The second kappa shape index (κ2) is 6.35. The topological polar surface area (TPSA) is 91.9 Å². The molecule has 4 heterocycles. The van der Waals surface area contributed by atoms with E-state index in [1.54, 1.807) is 0 Å². The van der Waals surface area contributed by atoms with Crippen LogP contribution in [0.3, 0.4) is 0 Å². The maximum absolute atomic E-state index is 12.1. The third-order valence-electron chi connectivity index (χ3n) is 5.23. The fraction of sp³-hybridized carbons (Fsp3) is 0.350. The number of H-pyrrole nitrogens is 1.